The van der Waals surface area contributed by atoms with Crippen molar-refractivity contribution < 1.29 is 24.0 Å². The predicted octanol–water partition coefficient (Wildman–Crippen LogP) is 2.32. The number of hydrogen-bond donors (Lipinski definition) is 7. The minimum absolute atomic E-state index is 0.105. The Morgan fingerprint density at radius 2 is 1.46 bits per heavy atom. The molecule has 5 amide bonds. The first-order chi connectivity index (χ1) is 23.0. The molecule has 4 rings (SSSR count). The van der Waals surface area contributed by atoms with Gasteiger partial charge in [-0.05, 0) is 35.7 Å². The molecule has 0 bridgehead atoms. The average Bonchev–Trinajstić information content (AvgIpc) is 3.72. The molecular weight excluding hydrogens is 680 g/mol. The van der Waals surface area contributed by atoms with Crippen LogP contribution in [0.15, 0.2) is 71.7 Å². The minimum atomic E-state index is -1.10. The molecule has 0 spiro atoms. The van der Waals surface area contributed by atoms with Crippen LogP contribution < -0.4 is 27.0 Å². The van der Waals surface area contributed by atoms with E-state index < -0.39 is 53.7 Å². The summed E-state index contributed by atoms with van der Waals surface area (Å²) in [6.07, 6.45) is 6.82. The van der Waals surface area contributed by atoms with Gasteiger partial charge < -0.3 is 37.0 Å². The molecule has 14 heteroatoms. The van der Waals surface area contributed by atoms with Crippen molar-refractivity contribution in [3.63, 3.8) is 0 Å². The molecular formula is C34H41BrN8O5. The first-order valence-electron chi connectivity index (χ1n) is 15.8. The van der Waals surface area contributed by atoms with Crippen molar-refractivity contribution in [2.24, 2.45) is 5.73 Å². The lowest BCUT2D eigenvalue weighted by Crippen LogP contribution is -2.59. The average molecular weight is 722 g/mol. The highest BCUT2D eigenvalue weighted by atomic mass is 79.9. The van der Waals surface area contributed by atoms with Crippen LogP contribution in [-0.4, -0.2) is 68.7 Å². The number of fused-ring (bicyclic) bond motifs is 1. The van der Waals surface area contributed by atoms with E-state index in [0.717, 1.165) is 32.9 Å². The smallest absolute Gasteiger partial charge is 0.243 e. The van der Waals surface area contributed by atoms with Crippen molar-refractivity contribution >= 4 is 56.4 Å². The maximum absolute atomic E-state index is 13.9. The normalized spacial score (nSPS) is 13.6. The first kappa shape index (κ1) is 35.9. The molecule has 0 unspecified atom stereocenters. The fraction of sp³-hybridized carbons (Fsp3) is 0.353. The Labute approximate surface area is 286 Å². The van der Waals surface area contributed by atoms with Crippen LogP contribution in [-0.2, 0) is 43.2 Å². The summed E-state index contributed by atoms with van der Waals surface area (Å²) in [5.74, 6) is -2.88. The van der Waals surface area contributed by atoms with Crippen molar-refractivity contribution in [2.45, 2.75) is 76.5 Å². The molecule has 48 heavy (non-hydrogen) atoms. The van der Waals surface area contributed by atoms with Crippen LogP contribution >= 0.6 is 15.9 Å². The Hall–Kier alpha value is -4.98. The molecule has 2 heterocycles. The molecule has 2 aromatic carbocycles. The molecule has 0 saturated carbocycles. The Morgan fingerprint density at radius 1 is 0.812 bits per heavy atom. The zero-order chi connectivity index (χ0) is 34.6. The molecule has 0 aliphatic heterocycles. The number of amides is 5. The van der Waals surface area contributed by atoms with Crippen molar-refractivity contribution in [3.8, 4) is 0 Å². The lowest BCUT2D eigenvalue weighted by atomic mass is 10.0. The summed E-state index contributed by atoms with van der Waals surface area (Å²) >= 11 is 3.41. The van der Waals surface area contributed by atoms with Gasteiger partial charge in [-0.15, -0.1) is 0 Å². The van der Waals surface area contributed by atoms with Crippen LogP contribution in [0.25, 0.3) is 10.9 Å². The maximum Gasteiger partial charge on any atom is 0.243 e. The lowest BCUT2D eigenvalue weighted by molar-refractivity contribution is -0.134. The number of carbonyl (C=O) groups is 5. The number of unbranched alkanes of at least 4 members (excludes halogenated alkanes) is 1. The topological polar surface area (TPSA) is 204 Å². The number of hydrogen-bond acceptors (Lipinski definition) is 6. The molecule has 4 aromatic rings. The third-order valence-corrected chi connectivity index (χ3v) is 8.43. The quantitative estimate of drug-likeness (QED) is 0.0872. The highest BCUT2D eigenvalue weighted by Crippen LogP contribution is 2.19. The van der Waals surface area contributed by atoms with Gasteiger partial charge in [0.2, 0.25) is 29.5 Å². The van der Waals surface area contributed by atoms with E-state index in [1.54, 1.807) is 12.4 Å². The SMILES string of the molecule is CCCC[C@H](NC(=O)[C@@H](Cc1ccc(Br)cc1)NC(=O)[C@H](Cc1cnc[nH]1)NC(C)=O)C(=O)N[C@@H](Cc1c[nH]c2ccccc12)C(N)=O. The maximum atomic E-state index is 13.9. The number of nitrogens with two attached hydrogens (primary N) is 1. The Bertz CT molecular complexity index is 1710. The molecule has 4 atom stereocenters. The van der Waals surface area contributed by atoms with Gasteiger partial charge in [0.05, 0.1) is 6.33 Å². The van der Waals surface area contributed by atoms with Gasteiger partial charge in [-0.3, -0.25) is 24.0 Å². The van der Waals surface area contributed by atoms with Crippen LogP contribution in [0, 0.1) is 0 Å². The standard InChI is InChI=1S/C34H41BrN8O5/c1-3-4-8-27(32(46)42-28(31(36)45)15-22-17-38-26-9-6-5-7-25(22)26)41-33(47)29(14-21-10-12-23(35)13-11-21)43-34(48)30(40-20(2)44)16-24-18-37-19-39-24/h5-7,9-13,17-19,27-30,38H,3-4,8,14-16H2,1-2H3,(H2,36,45)(H,37,39)(H,40,44)(H,41,47)(H,42,46)(H,43,48)/t27-,28-,29+,30-/m0/s1. The van der Waals surface area contributed by atoms with Gasteiger partial charge in [-0.1, -0.05) is 66.0 Å². The van der Waals surface area contributed by atoms with Gasteiger partial charge in [-0.2, -0.15) is 0 Å². The number of nitrogens with one attached hydrogen (secondary N) is 6. The molecule has 254 valence electrons. The monoisotopic (exact) mass is 720 g/mol. The van der Waals surface area contributed by atoms with E-state index in [2.05, 4.69) is 52.1 Å². The molecule has 2 aromatic heterocycles. The molecule has 0 saturated heterocycles. The van der Waals surface area contributed by atoms with Gasteiger partial charge in [0.15, 0.2) is 0 Å². The van der Waals surface area contributed by atoms with E-state index in [0.29, 0.717) is 18.5 Å². The van der Waals surface area contributed by atoms with E-state index in [1.807, 2.05) is 55.5 Å². The summed E-state index contributed by atoms with van der Waals surface area (Å²) in [4.78, 5) is 75.6. The van der Waals surface area contributed by atoms with Crippen molar-refractivity contribution in [2.75, 3.05) is 0 Å². The number of primary amides is 1. The number of imidazole rings is 1. The second kappa shape index (κ2) is 17.3. The van der Waals surface area contributed by atoms with Crippen LogP contribution in [0.3, 0.4) is 0 Å². The van der Waals surface area contributed by atoms with Gasteiger partial charge in [0.1, 0.15) is 24.2 Å². The molecule has 0 radical (unpaired) electrons. The number of carbonyl (C=O) groups excluding carboxylic acids is 5. The summed E-state index contributed by atoms with van der Waals surface area (Å²) in [6.45, 7) is 3.26. The number of aromatic amines is 2. The number of rotatable bonds is 17. The number of benzene rings is 2. The summed E-state index contributed by atoms with van der Waals surface area (Å²) in [5.41, 5.74) is 8.79. The molecule has 8 N–H and O–H groups in total. The Kier molecular flexibility index (Phi) is 12.9. The van der Waals surface area contributed by atoms with E-state index in [9.17, 15) is 24.0 Å². The van der Waals surface area contributed by atoms with Crippen molar-refractivity contribution in [1.82, 2.24) is 36.2 Å². The second-order valence-corrected chi connectivity index (χ2v) is 12.6. The number of halogens is 1. The largest absolute Gasteiger partial charge is 0.368 e. The fourth-order valence-corrected chi connectivity index (χ4v) is 5.64. The lowest BCUT2D eigenvalue weighted by Gasteiger charge is -2.26. The highest BCUT2D eigenvalue weighted by molar-refractivity contribution is 9.10. The molecule has 13 nitrogen and oxygen atoms in total. The number of H-pyrrole nitrogens is 2. The van der Waals surface area contributed by atoms with Crippen LogP contribution in [0.2, 0.25) is 0 Å². The van der Waals surface area contributed by atoms with Gasteiger partial charge >= 0.3 is 0 Å². The number of para-hydroxylation sites is 1. The first-order valence-corrected chi connectivity index (χ1v) is 16.6. The predicted molar refractivity (Wildman–Crippen MR) is 184 cm³/mol. The van der Waals surface area contributed by atoms with Gasteiger partial charge in [-0.25, -0.2) is 4.98 Å². The fourth-order valence-electron chi connectivity index (χ4n) is 5.37. The second-order valence-electron chi connectivity index (χ2n) is 11.7. The summed E-state index contributed by atoms with van der Waals surface area (Å²) < 4.78 is 0.842. The summed E-state index contributed by atoms with van der Waals surface area (Å²) in [7, 11) is 0. The van der Waals surface area contributed by atoms with E-state index in [-0.39, 0.29) is 19.3 Å². The minimum Gasteiger partial charge on any atom is -0.368 e. The zero-order valence-corrected chi connectivity index (χ0v) is 28.4. The molecule has 0 aliphatic rings. The van der Waals surface area contributed by atoms with Crippen LogP contribution in [0.1, 0.15) is 49.9 Å². The van der Waals surface area contributed by atoms with E-state index >= 15 is 0 Å². The molecule has 0 aliphatic carbocycles. The van der Waals surface area contributed by atoms with E-state index in [1.165, 1.54) is 13.3 Å². The number of nitrogens with zero attached hydrogens (tertiary/aromatic N) is 1. The summed E-state index contributed by atoms with van der Waals surface area (Å²) in [6, 6.07) is 10.7. The van der Waals surface area contributed by atoms with Crippen LogP contribution in [0.5, 0.6) is 0 Å². The van der Waals surface area contributed by atoms with Crippen molar-refractivity contribution in [1.29, 1.82) is 0 Å². The number of aromatic nitrogens is 3. The molecule has 0 fully saturated rings. The zero-order valence-electron chi connectivity index (χ0n) is 26.8. The van der Waals surface area contributed by atoms with Crippen LogP contribution in [0.4, 0.5) is 0 Å². The van der Waals surface area contributed by atoms with Gasteiger partial charge in [0, 0.05) is 59.6 Å². The third kappa shape index (κ3) is 10.3. The third-order valence-electron chi connectivity index (χ3n) is 7.90. The summed E-state index contributed by atoms with van der Waals surface area (Å²) in [5, 5.41) is 11.9. The van der Waals surface area contributed by atoms with Gasteiger partial charge in [0.25, 0.3) is 0 Å². The van der Waals surface area contributed by atoms with Crippen molar-refractivity contribution in [3.05, 3.63) is 88.5 Å². The highest BCUT2D eigenvalue weighted by Gasteiger charge is 2.31. The Morgan fingerprint density at radius 3 is 2.10 bits per heavy atom. The van der Waals surface area contributed by atoms with E-state index in [4.69, 9.17) is 5.73 Å². The Balaban J connectivity index is 1.53.